The van der Waals surface area contributed by atoms with Gasteiger partial charge in [0.2, 0.25) is 5.91 Å². The molecule has 0 saturated carbocycles. The molecule has 2 amide bonds. The minimum Gasteiger partial charge on any atom is -0.376 e. The van der Waals surface area contributed by atoms with Gasteiger partial charge in [-0.3, -0.25) is 9.59 Å². The van der Waals surface area contributed by atoms with E-state index in [4.69, 9.17) is 9.26 Å². The van der Waals surface area contributed by atoms with Crippen LogP contribution in [0.3, 0.4) is 0 Å². The van der Waals surface area contributed by atoms with Crippen molar-refractivity contribution in [2.24, 2.45) is 0 Å². The SMILES string of the molecule is CCN(C)C(=O)CCN(C[C@H]1CCCO1)C(=O)c1cc(-c2cc(C)ccc2C)on1. The normalized spacial score (nSPS) is 15.9. The predicted octanol–water partition coefficient (Wildman–Crippen LogP) is 3.45. The molecule has 1 aliphatic heterocycles. The molecule has 0 N–H and O–H groups in total. The number of nitrogens with zero attached hydrogens (tertiary/aromatic N) is 3. The Morgan fingerprint density at radius 3 is 2.73 bits per heavy atom. The van der Waals surface area contributed by atoms with Gasteiger partial charge in [0.15, 0.2) is 11.5 Å². The van der Waals surface area contributed by atoms with Crippen LogP contribution in [-0.4, -0.2) is 66.2 Å². The van der Waals surface area contributed by atoms with Gasteiger partial charge in [-0.1, -0.05) is 22.9 Å². The monoisotopic (exact) mass is 413 g/mol. The number of hydrogen-bond acceptors (Lipinski definition) is 5. The van der Waals surface area contributed by atoms with Crippen molar-refractivity contribution in [3.05, 3.63) is 41.1 Å². The maximum Gasteiger partial charge on any atom is 0.276 e. The van der Waals surface area contributed by atoms with Crippen LogP contribution in [0.15, 0.2) is 28.8 Å². The van der Waals surface area contributed by atoms with E-state index in [9.17, 15) is 9.59 Å². The lowest BCUT2D eigenvalue weighted by molar-refractivity contribution is -0.129. The fourth-order valence-corrected chi connectivity index (χ4v) is 3.57. The zero-order valence-electron chi connectivity index (χ0n) is 18.3. The van der Waals surface area contributed by atoms with Crippen LogP contribution in [0.2, 0.25) is 0 Å². The van der Waals surface area contributed by atoms with Crippen LogP contribution in [0.25, 0.3) is 11.3 Å². The van der Waals surface area contributed by atoms with E-state index in [1.54, 1.807) is 22.9 Å². The van der Waals surface area contributed by atoms with Crippen LogP contribution in [0, 0.1) is 13.8 Å². The summed E-state index contributed by atoms with van der Waals surface area (Å²) in [5.41, 5.74) is 3.34. The molecule has 7 heteroatoms. The Hall–Kier alpha value is -2.67. The van der Waals surface area contributed by atoms with E-state index in [0.717, 1.165) is 29.5 Å². The lowest BCUT2D eigenvalue weighted by atomic mass is 10.0. The van der Waals surface area contributed by atoms with Gasteiger partial charge in [-0.05, 0) is 45.2 Å². The Kier molecular flexibility index (Phi) is 7.26. The number of aryl methyl sites for hydroxylation is 2. The first-order valence-corrected chi connectivity index (χ1v) is 10.6. The molecular weight excluding hydrogens is 382 g/mol. The standard InChI is InChI=1S/C23H31N3O4/c1-5-25(4)22(27)10-11-26(15-18-7-6-12-29-18)23(28)20-14-21(30-24-20)19-13-16(2)8-9-17(19)3/h8-9,13-14,18H,5-7,10-12,15H2,1-4H3/t18-/m1/s1. The summed E-state index contributed by atoms with van der Waals surface area (Å²) < 4.78 is 11.2. The molecule has 0 bridgehead atoms. The molecule has 2 aromatic rings. The molecule has 0 aliphatic carbocycles. The van der Waals surface area contributed by atoms with Gasteiger partial charge in [0.1, 0.15) is 0 Å². The third kappa shape index (κ3) is 5.27. The average molecular weight is 414 g/mol. The van der Waals surface area contributed by atoms with Gasteiger partial charge in [-0.15, -0.1) is 0 Å². The molecule has 0 spiro atoms. The average Bonchev–Trinajstić information content (AvgIpc) is 3.43. The Morgan fingerprint density at radius 1 is 1.23 bits per heavy atom. The Balaban J connectivity index is 1.77. The second kappa shape index (κ2) is 9.89. The van der Waals surface area contributed by atoms with E-state index in [1.165, 1.54) is 0 Å². The molecule has 1 atom stereocenters. The zero-order chi connectivity index (χ0) is 21.7. The van der Waals surface area contributed by atoms with E-state index in [0.29, 0.717) is 32.0 Å². The number of carbonyl (C=O) groups excluding carboxylic acids is 2. The first-order chi connectivity index (χ1) is 14.4. The minimum atomic E-state index is -0.238. The third-order valence-electron chi connectivity index (χ3n) is 5.62. The van der Waals surface area contributed by atoms with Gasteiger partial charge in [0.05, 0.1) is 6.10 Å². The molecule has 1 aliphatic rings. The van der Waals surface area contributed by atoms with Crippen LogP contribution in [0.1, 0.15) is 47.8 Å². The smallest absolute Gasteiger partial charge is 0.276 e. The molecule has 3 rings (SSSR count). The molecule has 1 saturated heterocycles. The summed E-state index contributed by atoms with van der Waals surface area (Å²) in [7, 11) is 1.77. The van der Waals surface area contributed by atoms with E-state index in [-0.39, 0.29) is 30.0 Å². The Bertz CT molecular complexity index is 886. The van der Waals surface area contributed by atoms with Crippen LogP contribution < -0.4 is 0 Å². The van der Waals surface area contributed by atoms with Crippen LogP contribution in [-0.2, 0) is 9.53 Å². The predicted molar refractivity (Wildman–Crippen MR) is 114 cm³/mol. The van der Waals surface area contributed by atoms with E-state index in [2.05, 4.69) is 5.16 Å². The second-order valence-corrected chi connectivity index (χ2v) is 7.94. The molecule has 162 valence electrons. The van der Waals surface area contributed by atoms with Gasteiger partial charge in [0, 0.05) is 51.3 Å². The minimum absolute atomic E-state index is 0.00153. The van der Waals surface area contributed by atoms with Gasteiger partial charge in [0.25, 0.3) is 5.91 Å². The molecular formula is C23H31N3O4. The van der Waals surface area contributed by atoms with Crippen LogP contribution in [0.4, 0.5) is 0 Å². The first-order valence-electron chi connectivity index (χ1n) is 10.6. The number of hydrogen-bond donors (Lipinski definition) is 0. The van der Waals surface area contributed by atoms with Crippen molar-refractivity contribution in [1.29, 1.82) is 0 Å². The van der Waals surface area contributed by atoms with Gasteiger partial charge in [-0.2, -0.15) is 0 Å². The molecule has 0 radical (unpaired) electrons. The maximum absolute atomic E-state index is 13.2. The Morgan fingerprint density at radius 2 is 2.03 bits per heavy atom. The van der Waals surface area contributed by atoms with Crippen molar-refractivity contribution < 1.29 is 18.8 Å². The Labute approximate surface area is 178 Å². The summed E-state index contributed by atoms with van der Waals surface area (Å²) >= 11 is 0. The number of amides is 2. The summed E-state index contributed by atoms with van der Waals surface area (Å²) in [6.07, 6.45) is 2.17. The lowest BCUT2D eigenvalue weighted by Gasteiger charge is -2.25. The number of carbonyl (C=O) groups is 2. The highest BCUT2D eigenvalue weighted by molar-refractivity contribution is 5.93. The number of ether oxygens (including phenoxy) is 1. The highest BCUT2D eigenvalue weighted by Crippen LogP contribution is 2.26. The van der Waals surface area contributed by atoms with Crippen molar-refractivity contribution in [3.63, 3.8) is 0 Å². The number of aromatic nitrogens is 1. The van der Waals surface area contributed by atoms with Crippen molar-refractivity contribution in [1.82, 2.24) is 15.0 Å². The van der Waals surface area contributed by atoms with Crippen molar-refractivity contribution in [2.45, 2.75) is 46.1 Å². The molecule has 7 nitrogen and oxygen atoms in total. The highest BCUT2D eigenvalue weighted by Gasteiger charge is 2.26. The summed E-state index contributed by atoms with van der Waals surface area (Å²) in [6.45, 7) is 8.07. The first kappa shape index (κ1) is 22.0. The lowest BCUT2D eigenvalue weighted by Crippen LogP contribution is -2.40. The molecule has 30 heavy (non-hydrogen) atoms. The topological polar surface area (TPSA) is 75.9 Å². The van der Waals surface area contributed by atoms with Crippen molar-refractivity contribution in [3.8, 4) is 11.3 Å². The highest BCUT2D eigenvalue weighted by atomic mass is 16.5. The second-order valence-electron chi connectivity index (χ2n) is 7.94. The van der Waals surface area contributed by atoms with Gasteiger partial charge < -0.3 is 19.1 Å². The largest absolute Gasteiger partial charge is 0.376 e. The third-order valence-corrected chi connectivity index (χ3v) is 5.62. The molecule has 0 unspecified atom stereocenters. The van der Waals surface area contributed by atoms with Gasteiger partial charge >= 0.3 is 0 Å². The van der Waals surface area contributed by atoms with Crippen molar-refractivity contribution >= 4 is 11.8 Å². The molecule has 2 heterocycles. The van der Waals surface area contributed by atoms with E-state index >= 15 is 0 Å². The summed E-state index contributed by atoms with van der Waals surface area (Å²) in [5, 5.41) is 4.03. The zero-order valence-corrected chi connectivity index (χ0v) is 18.3. The summed E-state index contributed by atoms with van der Waals surface area (Å²) in [4.78, 5) is 28.8. The quantitative estimate of drug-likeness (QED) is 0.663. The van der Waals surface area contributed by atoms with Crippen LogP contribution >= 0.6 is 0 Å². The van der Waals surface area contributed by atoms with Gasteiger partial charge in [-0.25, -0.2) is 0 Å². The fourth-order valence-electron chi connectivity index (χ4n) is 3.57. The molecule has 1 aromatic carbocycles. The van der Waals surface area contributed by atoms with E-state index < -0.39 is 0 Å². The van der Waals surface area contributed by atoms with Crippen molar-refractivity contribution in [2.75, 3.05) is 33.3 Å². The van der Waals surface area contributed by atoms with Crippen LogP contribution in [0.5, 0.6) is 0 Å². The molecule has 1 aromatic heterocycles. The summed E-state index contributed by atoms with van der Waals surface area (Å²) in [6, 6.07) is 7.77. The molecule has 1 fully saturated rings. The van der Waals surface area contributed by atoms with E-state index in [1.807, 2.05) is 39.0 Å². The number of rotatable bonds is 8. The summed E-state index contributed by atoms with van der Waals surface area (Å²) in [5.74, 6) is 0.343. The fraction of sp³-hybridized carbons (Fsp3) is 0.522. The number of benzene rings is 1. The maximum atomic E-state index is 13.2.